The summed E-state index contributed by atoms with van der Waals surface area (Å²) in [6.07, 6.45) is 1.57. The minimum Gasteiger partial charge on any atom is -0.368 e. The predicted octanol–water partition coefficient (Wildman–Crippen LogP) is 1.57. The second kappa shape index (κ2) is 10.5. The van der Waals surface area contributed by atoms with Gasteiger partial charge in [0.2, 0.25) is 0 Å². The van der Waals surface area contributed by atoms with Crippen LogP contribution in [-0.2, 0) is 16.1 Å². The van der Waals surface area contributed by atoms with Gasteiger partial charge in [0.15, 0.2) is 5.96 Å². The number of benzene rings is 1. The van der Waals surface area contributed by atoms with Gasteiger partial charge in [-0.2, -0.15) is 5.26 Å². The Morgan fingerprint density at radius 1 is 1.26 bits per heavy atom. The van der Waals surface area contributed by atoms with Crippen LogP contribution in [0.2, 0.25) is 0 Å². The van der Waals surface area contributed by atoms with E-state index in [4.69, 9.17) is 10.00 Å². The maximum Gasteiger partial charge on any atom is 0.251 e. The van der Waals surface area contributed by atoms with E-state index in [1.807, 2.05) is 29.2 Å². The molecule has 1 unspecified atom stereocenters. The normalized spacial score (nSPS) is 20.0. The van der Waals surface area contributed by atoms with Crippen molar-refractivity contribution in [3.05, 3.63) is 35.4 Å². The molecule has 1 N–H and O–H groups in total. The standard InChI is InChI=1S/C19H25N5O2.HI/c1-21-19(22-14-16-6-4-15(13-20)5-7-16)24-10-8-23(9-11-24)18(25)17-3-2-12-26-17;/h4-7,17H,2-3,8-12,14H2,1H3,(H,21,22);1H. The summed E-state index contributed by atoms with van der Waals surface area (Å²) >= 11 is 0. The topological polar surface area (TPSA) is 81.0 Å². The van der Waals surface area contributed by atoms with Gasteiger partial charge in [-0.1, -0.05) is 12.1 Å². The number of piperazine rings is 1. The Labute approximate surface area is 177 Å². The molecule has 3 rings (SSSR count). The van der Waals surface area contributed by atoms with Crippen LogP contribution in [0.3, 0.4) is 0 Å². The smallest absolute Gasteiger partial charge is 0.251 e. The van der Waals surface area contributed by atoms with Crippen molar-refractivity contribution < 1.29 is 9.53 Å². The molecule has 27 heavy (non-hydrogen) atoms. The molecule has 1 amide bonds. The number of ether oxygens (including phenoxy) is 1. The van der Waals surface area contributed by atoms with Gasteiger partial charge in [0.05, 0.1) is 11.6 Å². The highest BCUT2D eigenvalue weighted by molar-refractivity contribution is 14.0. The molecule has 2 aliphatic heterocycles. The third-order valence-electron chi connectivity index (χ3n) is 4.84. The van der Waals surface area contributed by atoms with E-state index in [1.165, 1.54) is 0 Å². The molecule has 0 spiro atoms. The molecule has 1 aromatic rings. The van der Waals surface area contributed by atoms with Crippen LogP contribution in [0.5, 0.6) is 0 Å². The highest BCUT2D eigenvalue weighted by Crippen LogP contribution is 2.16. The van der Waals surface area contributed by atoms with Gasteiger partial charge in [-0.25, -0.2) is 0 Å². The number of halogens is 1. The summed E-state index contributed by atoms with van der Waals surface area (Å²) in [6, 6.07) is 9.63. The second-order valence-electron chi connectivity index (χ2n) is 6.52. The molecule has 2 saturated heterocycles. The zero-order chi connectivity index (χ0) is 18.4. The van der Waals surface area contributed by atoms with Crippen molar-refractivity contribution in [2.75, 3.05) is 39.8 Å². The number of hydrogen-bond acceptors (Lipinski definition) is 4. The fraction of sp³-hybridized carbons (Fsp3) is 0.526. The molecule has 1 atom stereocenters. The molecule has 8 heteroatoms. The number of guanidine groups is 1. The molecule has 0 bridgehead atoms. The van der Waals surface area contributed by atoms with Gasteiger partial charge >= 0.3 is 0 Å². The van der Waals surface area contributed by atoms with Crippen molar-refractivity contribution >= 4 is 35.8 Å². The Kier molecular flexibility index (Phi) is 8.31. The molecule has 2 fully saturated rings. The summed E-state index contributed by atoms with van der Waals surface area (Å²) in [5.41, 5.74) is 1.75. The molecule has 7 nitrogen and oxygen atoms in total. The predicted molar refractivity (Wildman–Crippen MR) is 114 cm³/mol. The monoisotopic (exact) mass is 483 g/mol. The van der Waals surface area contributed by atoms with Crippen LogP contribution in [0.1, 0.15) is 24.0 Å². The number of hydrogen-bond donors (Lipinski definition) is 1. The third kappa shape index (κ3) is 5.56. The zero-order valence-corrected chi connectivity index (χ0v) is 17.9. The third-order valence-corrected chi connectivity index (χ3v) is 4.84. The Balaban J connectivity index is 0.00000261. The number of amides is 1. The molecule has 2 aliphatic rings. The molecule has 0 radical (unpaired) electrons. The van der Waals surface area contributed by atoms with E-state index < -0.39 is 0 Å². The van der Waals surface area contributed by atoms with Gasteiger partial charge < -0.3 is 19.9 Å². The fourth-order valence-corrected chi connectivity index (χ4v) is 3.33. The van der Waals surface area contributed by atoms with Crippen molar-refractivity contribution in [3.8, 4) is 6.07 Å². The molecule has 0 saturated carbocycles. The van der Waals surface area contributed by atoms with Crippen molar-refractivity contribution in [1.82, 2.24) is 15.1 Å². The molecular weight excluding hydrogens is 457 g/mol. The number of rotatable bonds is 3. The van der Waals surface area contributed by atoms with Gasteiger partial charge in [0.1, 0.15) is 6.10 Å². The molecule has 1 aromatic carbocycles. The van der Waals surface area contributed by atoms with E-state index in [2.05, 4.69) is 21.3 Å². The van der Waals surface area contributed by atoms with Crippen molar-refractivity contribution in [3.63, 3.8) is 0 Å². The van der Waals surface area contributed by atoms with Gasteiger partial charge in [-0.15, -0.1) is 24.0 Å². The average molecular weight is 483 g/mol. The van der Waals surface area contributed by atoms with Crippen molar-refractivity contribution in [1.29, 1.82) is 5.26 Å². The Hall–Kier alpha value is -1.86. The number of carbonyl (C=O) groups excluding carboxylic acids is 1. The number of carbonyl (C=O) groups is 1. The highest BCUT2D eigenvalue weighted by atomic mass is 127. The maximum absolute atomic E-state index is 12.4. The molecule has 0 aliphatic carbocycles. The van der Waals surface area contributed by atoms with Gasteiger partial charge in [-0.05, 0) is 30.5 Å². The first kappa shape index (κ1) is 21.4. The number of aliphatic imine (C=N–C) groups is 1. The van der Waals surface area contributed by atoms with Crippen LogP contribution in [0.4, 0.5) is 0 Å². The summed E-state index contributed by atoms with van der Waals surface area (Å²) in [5.74, 6) is 0.959. The molecule has 2 heterocycles. The van der Waals surface area contributed by atoms with Crippen LogP contribution in [0.25, 0.3) is 0 Å². The van der Waals surface area contributed by atoms with Gasteiger partial charge in [0.25, 0.3) is 5.91 Å². The van der Waals surface area contributed by atoms with E-state index >= 15 is 0 Å². The van der Waals surface area contributed by atoms with Crippen LogP contribution in [0.15, 0.2) is 29.3 Å². The summed E-state index contributed by atoms with van der Waals surface area (Å²) in [4.78, 5) is 20.9. The number of nitrogens with zero attached hydrogens (tertiary/aromatic N) is 4. The van der Waals surface area contributed by atoms with Crippen LogP contribution < -0.4 is 5.32 Å². The second-order valence-corrected chi connectivity index (χ2v) is 6.52. The number of nitrogens with one attached hydrogen (secondary N) is 1. The van der Waals surface area contributed by atoms with Gasteiger partial charge in [-0.3, -0.25) is 9.79 Å². The highest BCUT2D eigenvalue weighted by Gasteiger charge is 2.30. The lowest BCUT2D eigenvalue weighted by atomic mass is 10.1. The van der Waals surface area contributed by atoms with E-state index in [0.717, 1.165) is 37.5 Å². The van der Waals surface area contributed by atoms with Gasteiger partial charge in [0, 0.05) is 46.4 Å². The summed E-state index contributed by atoms with van der Waals surface area (Å²) in [5, 5.41) is 12.2. The SMILES string of the molecule is CN=C(NCc1ccc(C#N)cc1)N1CCN(C(=O)C2CCCO2)CC1.I. The lowest BCUT2D eigenvalue weighted by molar-refractivity contribution is -0.142. The Bertz CT molecular complexity index is 687. The van der Waals surface area contributed by atoms with Crippen molar-refractivity contribution in [2.45, 2.75) is 25.5 Å². The van der Waals surface area contributed by atoms with Crippen LogP contribution in [0, 0.1) is 11.3 Å². The lowest BCUT2D eigenvalue weighted by Gasteiger charge is -2.37. The number of nitriles is 1. The maximum atomic E-state index is 12.4. The van der Waals surface area contributed by atoms with Crippen LogP contribution >= 0.6 is 24.0 Å². The van der Waals surface area contributed by atoms with E-state index in [-0.39, 0.29) is 36.0 Å². The molecule has 146 valence electrons. The van der Waals surface area contributed by atoms with E-state index in [1.54, 1.807) is 7.05 Å². The minimum absolute atomic E-state index is 0. The van der Waals surface area contributed by atoms with E-state index in [9.17, 15) is 4.79 Å². The first-order valence-electron chi connectivity index (χ1n) is 9.06. The molecular formula is C19H26IN5O2. The summed E-state index contributed by atoms with van der Waals surface area (Å²) < 4.78 is 5.51. The Morgan fingerprint density at radius 3 is 2.48 bits per heavy atom. The van der Waals surface area contributed by atoms with E-state index in [0.29, 0.717) is 31.8 Å². The van der Waals surface area contributed by atoms with Crippen LogP contribution in [-0.4, -0.2) is 67.6 Å². The fourth-order valence-electron chi connectivity index (χ4n) is 3.33. The molecule has 0 aromatic heterocycles. The summed E-state index contributed by atoms with van der Waals surface area (Å²) in [6.45, 7) is 4.24. The average Bonchev–Trinajstić information content (AvgIpc) is 3.24. The lowest BCUT2D eigenvalue weighted by Crippen LogP contribution is -2.55. The summed E-state index contributed by atoms with van der Waals surface area (Å²) in [7, 11) is 1.77. The first-order chi connectivity index (χ1) is 12.7. The zero-order valence-electron chi connectivity index (χ0n) is 15.6. The minimum atomic E-state index is -0.240. The largest absolute Gasteiger partial charge is 0.368 e. The van der Waals surface area contributed by atoms with Crippen molar-refractivity contribution in [2.24, 2.45) is 4.99 Å². The quantitative estimate of drug-likeness (QED) is 0.401. The first-order valence-corrected chi connectivity index (χ1v) is 9.06. The Morgan fingerprint density at radius 2 is 1.93 bits per heavy atom.